The van der Waals surface area contributed by atoms with E-state index in [1.165, 1.54) is 29.8 Å². The number of oxazole rings is 1. The number of hydrogen-bond donors (Lipinski definition) is 0. The first-order chi connectivity index (χ1) is 14.8. The molecule has 0 aliphatic carbocycles. The first-order valence-corrected chi connectivity index (χ1v) is 11.0. The number of aromatic nitrogens is 1. The number of carbonyl (C=O) groups is 1. The topological polar surface area (TPSA) is 89.6 Å². The third-order valence-electron chi connectivity index (χ3n) is 5.05. The SMILES string of the molecule is Cc1ccc(C(=O)N(Cc2ccccc2)S(=O)(=O)c2ccc3c(c2)oc(=O)n3C)cc1. The normalized spacial score (nSPS) is 11.5. The largest absolute Gasteiger partial charge is 0.419 e. The summed E-state index contributed by atoms with van der Waals surface area (Å²) in [4.78, 5) is 24.9. The summed E-state index contributed by atoms with van der Waals surface area (Å²) in [6.07, 6.45) is 0. The van der Waals surface area contributed by atoms with Gasteiger partial charge in [-0.3, -0.25) is 9.36 Å². The van der Waals surface area contributed by atoms with E-state index in [1.54, 1.807) is 48.5 Å². The molecule has 1 amide bonds. The zero-order chi connectivity index (χ0) is 22.2. The molecule has 1 aromatic heterocycles. The van der Waals surface area contributed by atoms with Crippen molar-refractivity contribution in [3.63, 3.8) is 0 Å². The molecule has 0 saturated carbocycles. The van der Waals surface area contributed by atoms with Crippen molar-refractivity contribution in [1.82, 2.24) is 8.87 Å². The monoisotopic (exact) mass is 436 g/mol. The van der Waals surface area contributed by atoms with Gasteiger partial charge in [0.1, 0.15) is 0 Å². The molecule has 0 aliphatic rings. The molecule has 0 N–H and O–H groups in total. The van der Waals surface area contributed by atoms with Gasteiger partial charge in [-0.1, -0.05) is 48.0 Å². The molecule has 0 unspecified atom stereocenters. The molecular weight excluding hydrogens is 416 g/mol. The molecule has 7 nitrogen and oxygen atoms in total. The summed E-state index contributed by atoms with van der Waals surface area (Å²) in [6.45, 7) is 1.75. The van der Waals surface area contributed by atoms with Crippen LogP contribution in [-0.4, -0.2) is 23.2 Å². The Bertz CT molecular complexity index is 1420. The minimum Gasteiger partial charge on any atom is -0.408 e. The second kappa shape index (κ2) is 7.88. The lowest BCUT2D eigenvalue weighted by molar-refractivity contribution is 0.0855. The third kappa shape index (κ3) is 3.89. The molecule has 31 heavy (non-hydrogen) atoms. The van der Waals surface area contributed by atoms with Gasteiger partial charge in [0.05, 0.1) is 17.0 Å². The fraction of sp³-hybridized carbons (Fsp3) is 0.130. The highest BCUT2D eigenvalue weighted by molar-refractivity contribution is 7.89. The van der Waals surface area contributed by atoms with Crippen molar-refractivity contribution in [2.45, 2.75) is 18.4 Å². The predicted molar refractivity (Wildman–Crippen MR) is 116 cm³/mol. The van der Waals surface area contributed by atoms with Crippen molar-refractivity contribution in [3.8, 4) is 0 Å². The maximum absolute atomic E-state index is 13.5. The Hall–Kier alpha value is -3.65. The molecule has 0 spiro atoms. The molecule has 4 rings (SSSR count). The maximum atomic E-state index is 13.5. The van der Waals surface area contributed by atoms with Crippen LogP contribution < -0.4 is 5.76 Å². The van der Waals surface area contributed by atoms with Crippen LogP contribution in [0.5, 0.6) is 0 Å². The van der Waals surface area contributed by atoms with Gasteiger partial charge in [-0.05, 0) is 36.8 Å². The molecule has 0 fully saturated rings. The molecule has 158 valence electrons. The molecule has 1 heterocycles. The van der Waals surface area contributed by atoms with Crippen LogP contribution in [0.4, 0.5) is 0 Å². The molecule has 8 heteroatoms. The van der Waals surface area contributed by atoms with Crippen LogP contribution in [0.1, 0.15) is 21.5 Å². The number of sulfonamides is 1. The minimum absolute atomic E-state index is 0.132. The zero-order valence-corrected chi connectivity index (χ0v) is 17.8. The van der Waals surface area contributed by atoms with Gasteiger partial charge in [-0.25, -0.2) is 17.5 Å². The minimum atomic E-state index is -4.24. The summed E-state index contributed by atoms with van der Waals surface area (Å²) in [6, 6.07) is 19.7. The lowest BCUT2D eigenvalue weighted by atomic mass is 10.1. The number of benzene rings is 3. The van der Waals surface area contributed by atoms with Crippen LogP contribution in [0.3, 0.4) is 0 Å². The molecule has 4 aromatic rings. The van der Waals surface area contributed by atoms with E-state index in [0.29, 0.717) is 11.1 Å². The highest BCUT2D eigenvalue weighted by Gasteiger charge is 2.31. The second-order valence-electron chi connectivity index (χ2n) is 7.22. The summed E-state index contributed by atoms with van der Waals surface area (Å²) in [5.41, 5.74) is 2.48. The number of amides is 1. The molecule has 0 bridgehead atoms. The lowest BCUT2D eigenvalue weighted by Gasteiger charge is -2.23. The molecule has 0 aliphatic heterocycles. The molecule has 0 atom stereocenters. The Labute approximate surface area is 179 Å². The molecular formula is C23H20N2O5S. The summed E-state index contributed by atoms with van der Waals surface area (Å²) < 4.78 is 34.3. The third-order valence-corrected chi connectivity index (χ3v) is 6.77. The van der Waals surface area contributed by atoms with Gasteiger partial charge in [-0.15, -0.1) is 0 Å². The number of aryl methyl sites for hydroxylation is 2. The van der Waals surface area contributed by atoms with Gasteiger partial charge in [-0.2, -0.15) is 0 Å². The highest BCUT2D eigenvalue weighted by atomic mass is 32.2. The van der Waals surface area contributed by atoms with Gasteiger partial charge in [0.25, 0.3) is 15.9 Å². The second-order valence-corrected chi connectivity index (χ2v) is 9.09. The molecule has 3 aromatic carbocycles. The van der Waals surface area contributed by atoms with Crippen molar-refractivity contribution in [3.05, 3.63) is 100 Å². The zero-order valence-electron chi connectivity index (χ0n) is 17.0. The van der Waals surface area contributed by atoms with E-state index >= 15 is 0 Å². The van der Waals surface area contributed by atoms with Crippen LogP contribution in [0.2, 0.25) is 0 Å². The fourth-order valence-corrected chi connectivity index (χ4v) is 4.65. The Morgan fingerprint density at radius 1 is 1.00 bits per heavy atom. The van der Waals surface area contributed by atoms with E-state index in [4.69, 9.17) is 4.42 Å². The van der Waals surface area contributed by atoms with Crippen molar-refractivity contribution in [2.24, 2.45) is 7.05 Å². The predicted octanol–water partition coefficient (Wildman–Crippen LogP) is 3.47. The van der Waals surface area contributed by atoms with E-state index in [9.17, 15) is 18.0 Å². The maximum Gasteiger partial charge on any atom is 0.419 e. The summed E-state index contributed by atoms with van der Waals surface area (Å²) in [7, 11) is -2.71. The first kappa shape index (κ1) is 20.6. The van der Waals surface area contributed by atoms with Gasteiger partial charge < -0.3 is 4.42 Å². The summed E-state index contributed by atoms with van der Waals surface area (Å²) in [5.74, 6) is -1.24. The standard InChI is InChI=1S/C23H20N2O5S/c1-16-8-10-18(11-9-16)22(26)25(15-17-6-4-3-5-7-17)31(28,29)19-12-13-20-21(14-19)30-23(27)24(20)2/h3-14H,15H2,1-2H3. The van der Waals surface area contributed by atoms with Crippen molar-refractivity contribution in [1.29, 1.82) is 0 Å². The fourth-order valence-electron chi connectivity index (χ4n) is 3.26. The average molecular weight is 436 g/mol. The Balaban J connectivity index is 1.82. The van der Waals surface area contributed by atoms with Crippen LogP contribution >= 0.6 is 0 Å². The summed E-state index contributed by atoms with van der Waals surface area (Å²) in [5, 5.41) is 0. The van der Waals surface area contributed by atoms with Gasteiger partial charge in [0.2, 0.25) is 0 Å². The van der Waals surface area contributed by atoms with Crippen molar-refractivity contribution in [2.75, 3.05) is 0 Å². The number of hydrogen-bond acceptors (Lipinski definition) is 5. The quantitative estimate of drug-likeness (QED) is 0.478. The Morgan fingerprint density at radius 2 is 1.68 bits per heavy atom. The van der Waals surface area contributed by atoms with Crippen molar-refractivity contribution < 1.29 is 17.6 Å². The van der Waals surface area contributed by atoms with Crippen LogP contribution in [0, 0.1) is 6.92 Å². The van der Waals surface area contributed by atoms with E-state index in [-0.39, 0.29) is 22.6 Å². The lowest BCUT2D eigenvalue weighted by Crippen LogP contribution is -2.36. The number of nitrogens with zero attached hydrogens (tertiary/aromatic N) is 2. The Morgan fingerprint density at radius 3 is 2.35 bits per heavy atom. The van der Waals surface area contributed by atoms with Gasteiger partial charge in [0, 0.05) is 18.7 Å². The van der Waals surface area contributed by atoms with E-state index in [0.717, 1.165) is 9.87 Å². The first-order valence-electron chi connectivity index (χ1n) is 9.54. The van der Waals surface area contributed by atoms with Crippen LogP contribution in [0.25, 0.3) is 11.1 Å². The number of fused-ring (bicyclic) bond motifs is 1. The van der Waals surface area contributed by atoms with Gasteiger partial charge in [0.15, 0.2) is 5.58 Å². The Kier molecular flexibility index (Phi) is 5.24. The summed E-state index contributed by atoms with van der Waals surface area (Å²) >= 11 is 0. The van der Waals surface area contributed by atoms with Crippen LogP contribution in [0.15, 0.2) is 86.9 Å². The van der Waals surface area contributed by atoms with Gasteiger partial charge >= 0.3 is 5.76 Å². The molecule has 0 saturated heterocycles. The van der Waals surface area contributed by atoms with E-state index < -0.39 is 21.7 Å². The van der Waals surface area contributed by atoms with E-state index in [1.807, 2.05) is 13.0 Å². The van der Waals surface area contributed by atoms with E-state index in [2.05, 4.69) is 0 Å². The smallest absolute Gasteiger partial charge is 0.408 e. The average Bonchev–Trinajstić information content (AvgIpc) is 3.05. The van der Waals surface area contributed by atoms with Crippen molar-refractivity contribution >= 4 is 27.0 Å². The molecule has 0 radical (unpaired) electrons. The number of rotatable bonds is 5. The highest BCUT2D eigenvalue weighted by Crippen LogP contribution is 2.24. The van der Waals surface area contributed by atoms with Crippen LogP contribution in [-0.2, 0) is 23.6 Å². The number of carbonyl (C=O) groups excluding carboxylic acids is 1.